The van der Waals surface area contributed by atoms with E-state index < -0.39 is 9.84 Å². The lowest BCUT2D eigenvalue weighted by Crippen LogP contribution is -2.43. The van der Waals surface area contributed by atoms with Gasteiger partial charge in [-0.15, -0.1) is 0 Å². The molecule has 1 N–H and O–H groups in total. The first kappa shape index (κ1) is 17.1. The van der Waals surface area contributed by atoms with Crippen LogP contribution < -0.4 is 0 Å². The van der Waals surface area contributed by atoms with E-state index in [1.54, 1.807) is 30.5 Å². The summed E-state index contributed by atoms with van der Waals surface area (Å²) in [6.07, 6.45) is 3.00. The van der Waals surface area contributed by atoms with E-state index >= 15 is 0 Å². The van der Waals surface area contributed by atoms with Gasteiger partial charge < -0.3 is 9.72 Å². The smallest absolute Gasteiger partial charge is 0.175 e. The SMILES string of the molecule is CC(C)N1CCOCC1c1ncc(-c2ccc(S(C)(=O)=O)cc2)[nH]1. The fraction of sp³-hybridized carbons (Fsp3) is 0.471. The number of hydrogen-bond acceptors (Lipinski definition) is 5. The molecule has 1 fully saturated rings. The molecule has 130 valence electrons. The molecule has 1 aromatic carbocycles. The zero-order valence-electron chi connectivity index (χ0n) is 14.2. The molecule has 0 radical (unpaired) electrons. The highest BCUT2D eigenvalue weighted by molar-refractivity contribution is 7.90. The average Bonchev–Trinajstić information content (AvgIpc) is 3.04. The summed E-state index contributed by atoms with van der Waals surface area (Å²) in [6, 6.07) is 7.37. The lowest BCUT2D eigenvalue weighted by Gasteiger charge is -2.37. The van der Waals surface area contributed by atoms with Crippen molar-refractivity contribution in [3.05, 3.63) is 36.3 Å². The number of ether oxygens (including phenoxy) is 1. The van der Waals surface area contributed by atoms with E-state index in [1.165, 1.54) is 6.26 Å². The van der Waals surface area contributed by atoms with Crippen LogP contribution in [0, 0.1) is 0 Å². The number of rotatable bonds is 4. The van der Waals surface area contributed by atoms with Gasteiger partial charge in [0.25, 0.3) is 0 Å². The van der Waals surface area contributed by atoms with Gasteiger partial charge in [0.2, 0.25) is 0 Å². The summed E-state index contributed by atoms with van der Waals surface area (Å²) in [5.41, 5.74) is 1.79. The van der Waals surface area contributed by atoms with Crippen molar-refractivity contribution in [2.45, 2.75) is 30.8 Å². The Morgan fingerprint density at radius 2 is 2.00 bits per heavy atom. The first-order valence-corrected chi connectivity index (χ1v) is 9.94. The second-order valence-electron chi connectivity index (χ2n) is 6.40. The summed E-state index contributed by atoms with van der Waals surface area (Å²) in [5, 5.41) is 0. The van der Waals surface area contributed by atoms with Gasteiger partial charge in [-0.3, -0.25) is 4.90 Å². The quantitative estimate of drug-likeness (QED) is 0.916. The molecule has 0 aliphatic carbocycles. The lowest BCUT2D eigenvalue weighted by molar-refractivity contribution is -0.0262. The summed E-state index contributed by atoms with van der Waals surface area (Å²) in [6.45, 7) is 6.60. The van der Waals surface area contributed by atoms with Gasteiger partial charge >= 0.3 is 0 Å². The molecule has 1 unspecified atom stereocenters. The van der Waals surface area contributed by atoms with E-state index in [4.69, 9.17) is 4.74 Å². The van der Waals surface area contributed by atoms with Crippen molar-refractivity contribution in [1.29, 1.82) is 0 Å². The van der Waals surface area contributed by atoms with Crippen LogP contribution in [0.4, 0.5) is 0 Å². The predicted octanol–water partition coefficient (Wildman–Crippen LogP) is 2.26. The third kappa shape index (κ3) is 3.53. The Balaban J connectivity index is 1.85. The van der Waals surface area contributed by atoms with Gasteiger partial charge in [0.1, 0.15) is 5.82 Å². The number of hydrogen-bond donors (Lipinski definition) is 1. The van der Waals surface area contributed by atoms with Crippen LogP contribution in [0.25, 0.3) is 11.3 Å². The topological polar surface area (TPSA) is 75.3 Å². The second kappa shape index (κ2) is 6.66. The van der Waals surface area contributed by atoms with Crippen LogP contribution in [0.15, 0.2) is 35.4 Å². The van der Waals surface area contributed by atoms with Crippen LogP contribution in [0.3, 0.4) is 0 Å². The molecule has 2 heterocycles. The molecule has 1 saturated heterocycles. The standard InChI is InChI=1S/C17H23N3O3S/c1-12(2)20-8-9-23-11-16(20)17-18-10-15(19-17)13-4-6-14(7-5-13)24(3,21)22/h4-7,10,12,16H,8-9,11H2,1-3H3,(H,18,19). The third-order valence-corrected chi connectivity index (χ3v) is 5.47. The highest BCUT2D eigenvalue weighted by Gasteiger charge is 2.28. The zero-order chi connectivity index (χ0) is 17.3. The summed E-state index contributed by atoms with van der Waals surface area (Å²) >= 11 is 0. The number of aromatic amines is 1. The van der Waals surface area contributed by atoms with Crippen LogP contribution in [0.1, 0.15) is 25.7 Å². The summed E-state index contributed by atoms with van der Waals surface area (Å²) in [4.78, 5) is 10.6. The Morgan fingerprint density at radius 3 is 2.62 bits per heavy atom. The van der Waals surface area contributed by atoms with Crippen LogP contribution >= 0.6 is 0 Å². The maximum atomic E-state index is 11.6. The molecular weight excluding hydrogens is 326 g/mol. The van der Waals surface area contributed by atoms with Gasteiger partial charge in [-0.1, -0.05) is 12.1 Å². The molecule has 0 spiro atoms. The van der Waals surface area contributed by atoms with Crippen LogP contribution in [0.5, 0.6) is 0 Å². The van der Waals surface area contributed by atoms with E-state index in [9.17, 15) is 8.42 Å². The van der Waals surface area contributed by atoms with Crippen LogP contribution in [0.2, 0.25) is 0 Å². The molecule has 2 aromatic rings. The second-order valence-corrected chi connectivity index (χ2v) is 8.42. The Morgan fingerprint density at radius 1 is 1.29 bits per heavy atom. The number of nitrogens with one attached hydrogen (secondary N) is 1. The van der Waals surface area contributed by atoms with Gasteiger partial charge in [-0.05, 0) is 31.5 Å². The molecule has 1 aliphatic heterocycles. The number of morpholine rings is 1. The van der Waals surface area contributed by atoms with Crippen molar-refractivity contribution < 1.29 is 13.2 Å². The maximum absolute atomic E-state index is 11.6. The monoisotopic (exact) mass is 349 g/mol. The molecule has 3 rings (SSSR count). The molecule has 0 bridgehead atoms. The molecule has 1 aliphatic rings. The normalized spacial score (nSPS) is 19.8. The van der Waals surface area contributed by atoms with Gasteiger partial charge in [-0.2, -0.15) is 0 Å². The van der Waals surface area contributed by atoms with Crippen molar-refractivity contribution in [2.75, 3.05) is 26.0 Å². The number of aromatic nitrogens is 2. The maximum Gasteiger partial charge on any atom is 0.175 e. The minimum Gasteiger partial charge on any atom is -0.378 e. The van der Waals surface area contributed by atoms with Crippen molar-refractivity contribution in [3.8, 4) is 11.3 Å². The van der Waals surface area contributed by atoms with E-state index in [0.29, 0.717) is 17.5 Å². The number of H-pyrrole nitrogens is 1. The first-order chi connectivity index (χ1) is 11.4. The Labute approximate surface area is 142 Å². The summed E-state index contributed by atoms with van der Waals surface area (Å²) in [5.74, 6) is 0.880. The van der Waals surface area contributed by atoms with Gasteiger partial charge in [-0.25, -0.2) is 13.4 Å². The van der Waals surface area contributed by atoms with E-state index in [0.717, 1.165) is 30.2 Å². The predicted molar refractivity (Wildman–Crippen MR) is 92.5 cm³/mol. The highest BCUT2D eigenvalue weighted by atomic mass is 32.2. The van der Waals surface area contributed by atoms with Gasteiger partial charge in [0, 0.05) is 18.8 Å². The minimum absolute atomic E-state index is 0.114. The van der Waals surface area contributed by atoms with Crippen molar-refractivity contribution in [1.82, 2.24) is 14.9 Å². The van der Waals surface area contributed by atoms with E-state index in [1.807, 2.05) is 0 Å². The van der Waals surface area contributed by atoms with Gasteiger partial charge in [0.05, 0.1) is 36.0 Å². The molecule has 24 heavy (non-hydrogen) atoms. The highest BCUT2D eigenvalue weighted by Crippen LogP contribution is 2.27. The van der Waals surface area contributed by atoms with Crippen molar-refractivity contribution in [3.63, 3.8) is 0 Å². The molecule has 0 amide bonds. The number of sulfone groups is 1. The first-order valence-electron chi connectivity index (χ1n) is 8.05. The fourth-order valence-corrected chi connectivity index (χ4v) is 3.64. The van der Waals surface area contributed by atoms with Gasteiger partial charge in [0.15, 0.2) is 9.84 Å². The van der Waals surface area contributed by atoms with Crippen LogP contribution in [-0.2, 0) is 14.6 Å². The lowest BCUT2D eigenvalue weighted by atomic mass is 10.1. The molecule has 1 aromatic heterocycles. The number of benzene rings is 1. The van der Waals surface area contributed by atoms with Crippen LogP contribution in [-0.4, -0.2) is 55.3 Å². The minimum atomic E-state index is -3.18. The molecule has 0 saturated carbocycles. The Bertz CT molecular complexity index is 797. The fourth-order valence-electron chi connectivity index (χ4n) is 3.00. The number of nitrogens with zero attached hydrogens (tertiary/aromatic N) is 2. The number of imidazole rings is 1. The third-order valence-electron chi connectivity index (χ3n) is 4.34. The zero-order valence-corrected chi connectivity index (χ0v) is 15.0. The molecule has 6 nitrogen and oxygen atoms in total. The largest absolute Gasteiger partial charge is 0.378 e. The molecule has 7 heteroatoms. The molecule has 1 atom stereocenters. The van der Waals surface area contributed by atoms with E-state index in [-0.39, 0.29) is 6.04 Å². The van der Waals surface area contributed by atoms with Crippen molar-refractivity contribution >= 4 is 9.84 Å². The summed E-state index contributed by atoms with van der Waals surface area (Å²) < 4.78 is 28.7. The summed E-state index contributed by atoms with van der Waals surface area (Å²) in [7, 11) is -3.18. The van der Waals surface area contributed by atoms with Crippen molar-refractivity contribution in [2.24, 2.45) is 0 Å². The Hall–Kier alpha value is -1.70. The molecular formula is C17H23N3O3S. The Kier molecular flexibility index (Phi) is 4.76. The van der Waals surface area contributed by atoms with E-state index in [2.05, 4.69) is 28.7 Å². The average molecular weight is 349 g/mol.